The van der Waals surface area contributed by atoms with Crippen LogP contribution in [-0.2, 0) is 4.79 Å². The molecule has 4 bridgehead atoms. The van der Waals surface area contributed by atoms with E-state index in [0.717, 1.165) is 48.3 Å². The first kappa shape index (κ1) is 14.7. The van der Waals surface area contributed by atoms with Crippen LogP contribution in [0.25, 0.3) is 0 Å². The zero-order valence-corrected chi connectivity index (χ0v) is 13.5. The Hall–Kier alpha value is -1.84. The predicted molar refractivity (Wildman–Crippen MR) is 87.4 cm³/mol. The molecule has 0 unspecified atom stereocenters. The van der Waals surface area contributed by atoms with Crippen LogP contribution in [0.1, 0.15) is 54.4 Å². The Morgan fingerprint density at radius 1 is 1.09 bits per heavy atom. The molecule has 122 valence electrons. The third-order valence-corrected chi connectivity index (χ3v) is 6.24. The van der Waals surface area contributed by atoms with Gasteiger partial charge in [0.15, 0.2) is 0 Å². The summed E-state index contributed by atoms with van der Waals surface area (Å²) < 4.78 is 0. The molecule has 5 rings (SSSR count). The number of anilines is 1. The fraction of sp³-hybridized carbons (Fsp3) is 0.579. The van der Waals surface area contributed by atoms with E-state index in [1.807, 2.05) is 6.92 Å². The average molecular weight is 313 g/mol. The monoisotopic (exact) mass is 313 g/mol. The average Bonchev–Trinajstić information content (AvgIpc) is 2.47. The molecule has 4 aliphatic rings. The molecule has 1 amide bonds. The fourth-order valence-corrected chi connectivity index (χ4v) is 5.58. The van der Waals surface area contributed by atoms with Gasteiger partial charge >= 0.3 is 5.97 Å². The molecule has 4 heteroatoms. The van der Waals surface area contributed by atoms with Crippen molar-refractivity contribution in [2.45, 2.75) is 45.4 Å². The van der Waals surface area contributed by atoms with E-state index in [9.17, 15) is 9.59 Å². The highest BCUT2D eigenvalue weighted by Gasteiger charge is 2.54. The number of nitrogens with one attached hydrogen (secondary N) is 1. The van der Waals surface area contributed by atoms with Crippen LogP contribution in [0.15, 0.2) is 18.2 Å². The molecule has 0 spiro atoms. The number of carbonyl (C=O) groups excluding carboxylic acids is 1. The number of carboxylic acids is 1. The summed E-state index contributed by atoms with van der Waals surface area (Å²) in [7, 11) is 0. The van der Waals surface area contributed by atoms with Gasteiger partial charge in [0.1, 0.15) is 0 Å². The minimum Gasteiger partial charge on any atom is -0.478 e. The molecule has 4 saturated carbocycles. The number of carboxylic acid groups (broad SMARTS) is 1. The first-order valence-electron chi connectivity index (χ1n) is 8.60. The topological polar surface area (TPSA) is 66.4 Å². The summed E-state index contributed by atoms with van der Waals surface area (Å²) in [6, 6.07) is 4.90. The molecule has 4 aliphatic carbocycles. The van der Waals surface area contributed by atoms with E-state index in [1.54, 1.807) is 18.2 Å². The van der Waals surface area contributed by atoms with E-state index < -0.39 is 5.97 Å². The second-order valence-electron chi connectivity index (χ2n) is 7.99. The second kappa shape index (κ2) is 5.08. The molecule has 0 aliphatic heterocycles. The van der Waals surface area contributed by atoms with Crippen molar-refractivity contribution >= 4 is 17.6 Å². The first-order chi connectivity index (χ1) is 10.9. The molecule has 0 atom stereocenters. The van der Waals surface area contributed by atoms with Gasteiger partial charge in [0.2, 0.25) is 5.91 Å². The smallest absolute Gasteiger partial charge is 0.335 e. The number of amides is 1. The molecule has 0 radical (unpaired) electrons. The summed E-state index contributed by atoms with van der Waals surface area (Å²) in [5.74, 6) is 1.43. The Bertz CT molecular complexity index is 644. The Morgan fingerprint density at radius 3 is 2.13 bits per heavy atom. The van der Waals surface area contributed by atoms with Crippen LogP contribution in [0.2, 0.25) is 0 Å². The van der Waals surface area contributed by atoms with Crippen LogP contribution in [-0.4, -0.2) is 17.0 Å². The van der Waals surface area contributed by atoms with Crippen LogP contribution >= 0.6 is 0 Å². The van der Waals surface area contributed by atoms with E-state index in [0.29, 0.717) is 0 Å². The van der Waals surface area contributed by atoms with Crippen molar-refractivity contribution in [3.63, 3.8) is 0 Å². The van der Waals surface area contributed by atoms with Crippen molar-refractivity contribution in [2.24, 2.45) is 23.2 Å². The Balaban J connectivity index is 1.55. The highest BCUT2D eigenvalue weighted by Crippen LogP contribution is 2.60. The highest BCUT2D eigenvalue weighted by molar-refractivity contribution is 5.97. The normalized spacial score (nSPS) is 34.4. The number of carbonyl (C=O) groups is 2. The van der Waals surface area contributed by atoms with Crippen LogP contribution < -0.4 is 5.32 Å². The summed E-state index contributed by atoms with van der Waals surface area (Å²) in [6.45, 7) is 1.85. The number of aromatic carboxylic acids is 1. The molecule has 0 heterocycles. The van der Waals surface area contributed by atoms with E-state index in [-0.39, 0.29) is 16.9 Å². The van der Waals surface area contributed by atoms with Crippen molar-refractivity contribution in [3.05, 3.63) is 29.3 Å². The lowest BCUT2D eigenvalue weighted by atomic mass is 9.49. The van der Waals surface area contributed by atoms with E-state index >= 15 is 0 Å². The van der Waals surface area contributed by atoms with Gasteiger partial charge in [-0.15, -0.1) is 0 Å². The minimum atomic E-state index is -0.938. The van der Waals surface area contributed by atoms with Gasteiger partial charge in [0, 0.05) is 5.69 Å². The lowest BCUT2D eigenvalue weighted by Gasteiger charge is -2.55. The summed E-state index contributed by atoms with van der Waals surface area (Å²) in [4.78, 5) is 24.0. The summed E-state index contributed by atoms with van der Waals surface area (Å²) in [5.41, 5.74) is 1.64. The van der Waals surface area contributed by atoms with Crippen molar-refractivity contribution in [3.8, 4) is 0 Å². The Labute approximate surface area is 136 Å². The van der Waals surface area contributed by atoms with Gasteiger partial charge in [-0.1, -0.05) is 0 Å². The molecular weight excluding hydrogens is 290 g/mol. The zero-order chi connectivity index (χ0) is 16.2. The zero-order valence-electron chi connectivity index (χ0n) is 13.5. The lowest BCUT2D eigenvalue weighted by Crippen LogP contribution is -2.51. The third-order valence-electron chi connectivity index (χ3n) is 6.24. The number of hydrogen-bond acceptors (Lipinski definition) is 2. The van der Waals surface area contributed by atoms with Gasteiger partial charge < -0.3 is 10.4 Å². The fourth-order valence-electron chi connectivity index (χ4n) is 5.58. The largest absolute Gasteiger partial charge is 0.478 e. The van der Waals surface area contributed by atoms with Gasteiger partial charge in [-0.05, 0) is 87.0 Å². The van der Waals surface area contributed by atoms with E-state index in [1.165, 1.54) is 19.3 Å². The molecule has 1 aromatic rings. The minimum absolute atomic E-state index is 0.155. The number of hydrogen-bond donors (Lipinski definition) is 2. The molecule has 1 aromatic carbocycles. The number of benzene rings is 1. The van der Waals surface area contributed by atoms with Crippen molar-refractivity contribution < 1.29 is 14.7 Å². The molecule has 0 aromatic heterocycles. The number of rotatable bonds is 3. The highest BCUT2D eigenvalue weighted by atomic mass is 16.4. The van der Waals surface area contributed by atoms with Gasteiger partial charge in [-0.3, -0.25) is 4.79 Å². The van der Waals surface area contributed by atoms with Gasteiger partial charge in [-0.2, -0.15) is 0 Å². The van der Waals surface area contributed by atoms with E-state index in [2.05, 4.69) is 5.32 Å². The van der Waals surface area contributed by atoms with Gasteiger partial charge in [0.05, 0.1) is 11.0 Å². The lowest BCUT2D eigenvalue weighted by molar-refractivity contribution is -0.140. The number of aryl methyl sites for hydroxylation is 1. The predicted octanol–water partition coefficient (Wildman–Crippen LogP) is 3.85. The molecule has 4 fully saturated rings. The van der Waals surface area contributed by atoms with Crippen LogP contribution in [0, 0.1) is 30.1 Å². The molecule has 0 saturated heterocycles. The maximum absolute atomic E-state index is 13.0. The van der Waals surface area contributed by atoms with Gasteiger partial charge in [-0.25, -0.2) is 4.79 Å². The van der Waals surface area contributed by atoms with Crippen molar-refractivity contribution in [1.29, 1.82) is 0 Å². The summed E-state index contributed by atoms with van der Waals surface area (Å²) in [6.07, 6.45) is 7.07. The Morgan fingerprint density at radius 2 is 1.65 bits per heavy atom. The van der Waals surface area contributed by atoms with Crippen molar-refractivity contribution in [2.75, 3.05) is 5.32 Å². The van der Waals surface area contributed by atoms with Crippen molar-refractivity contribution in [1.82, 2.24) is 0 Å². The third kappa shape index (κ3) is 2.44. The van der Waals surface area contributed by atoms with Crippen LogP contribution in [0.5, 0.6) is 0 Å². The van der Waals surface area contributed by atoms with Crippen LogP contribution in [0.4, 0.5) is 5.69 Å². The standard InChI is InChI=1S/C19H23NO3/c1-11-4-15(17(21)22)2-3-16(11)20-18(23)19-8-12-5-13(9-19)7-14(6-12)10-19/h2-4,12-14H,5-10H2,1H3,(H,20,23)(H,21,22). The summed E-state index contributed by atoms with van der Waals surface area (Å²) in [5, 5.41) is 12.1. The molecule has 2 N–H and O–H groups in total. The maximum Gasteiger partial charge on any atom is 0.335 e. The first-order valence-corrected chi connectivity index (χ1v) is 8.60. The molecule has 23 heavy (non-hydrogen) atoms. The van der Waals surface area contributed by atoms with Gasteiger partial charge in [0.25, 0.3) is 0 Å². The molecule has 4 nitrogen and oxygen atoms in total. The Kier molecular flexibility index (Phi) is 3.26. The maximum atomic E-state index is 13.0. The quantitative estimate of drug-likeness (QED) is 0.890. The molecular formula is C19H23NO3. The second-order valence-corrected chi connectivity index (χ2v) is 7.99. The summed E-state index contributed by atoms with van der Waals surface area (Å²) >= 11 is 0. The van der Waals surface area contributed by atoms with E-state index in [4.69, 9.17) is 5.11 Å². The van der Waals surface area contributed by atoms with Crippen LogP contribution in [0.3, 0.4) is 0 Å². The SMILES string of the molecule is Cc1cc(C(=O)O)ccc1NC(=O)C12CC3CC(CC(C3)C1)C2.